The first kappa shape index (κ1) is 12.7. The summed E-state index contributed by atoms with van der Waals surface area (Å²) in [6.45, 7) is 5.22. The Balaban J connectivity index is 1.78. The number of hydrogen-bond acceptors (Lipinski definition) is 2. The Kier molecular flexibility index (Phi) is 3.42. The van der Waals surface area contributed by atoms with E-state index in [1.165, 1.54) is 16.5 Å². The van der Waals surface area contributed by atoms with E-state index in [-0.39, 0.29) is 0 Å². The molecule has 0 saturated heterocycles. The predicted molar refractivity (Wildman–Crippen MR) is 84.0 cm³/mol. The predicted octanol–water partition coefficient (Wildman–Crippen LogP) is 4.30. The quantitative estimate of drug-likeness (QED) is 0.738. The van der Waals surface area contributed by atoms with E-state index in [0.717, 1.165) is 17.9 Å². The third-order valence-electron chi connectivity index (χ3n) is 3.57. The lowest BCUT2D eigenvalue weighted by Gasteiger charge is -2.10. The molecule has 2 aromatic heterocycles. The third kappa shape index (κ3) is 2.52. The largest absolute Gasteiger partial charge is 0.381 e. The van der Waals surface area contributed by atoms with Gasteiger partial charge in [0.25, 0.3) is 0 Å². The van der Waals surface area contributed by atoms with E-state index in [2.05, 4.69) is 59.5 Å². The maximum absolute atomic E-state index is 4.31. The molecule has 3 nitrogen and oxygen atoms in total. The molecule has 3 aromatic rings. The van der Waals surface area contributed by atoms with Crippen LogP contribution in [0.1, 0.15) is 30.9 Å². The number of benzene rings is 1. The second kappa shape index (κ2) is 5.37. The smallest absolute Gasteiger partial charge is 0.137 e. The van der Waals surface area contributed by atoms with Crippen LogP contribution in [0.25, 0.3) is 11.0 Å². The van der Waals surface area contributed by atoms with E-state index in [4.69, 9.17) is 0 Å². The summed E-state index contributed by atoms with van der Waals surface area (Å²) in [4.78, 5) is 7.51. The van der Waals surface area contributed by atoms with Crippen molar-refractivity contribution < 1.29 is 0 Å². The lowest BCUT2D eigenvalue weighted by atomic mass is 10.0. The highest BCUT2D eigenvalue weighted by molar-refractivity contribution is 5.79. The van der Waals surface area contributed by atoms with Crippen molar-refractivity contribution in [2.24, 2.45) is 0 Å². The number of nitrogens with zero attached hydrogens (tertiary/aromatic N) is 1. The van der Waals surface area contributed by atoms with Gasteiger partial charge < -0.3 is 10.3 Å². The minimum Gasteiger partial charge on any atom is -0.381 e. The number of rotatable bonds is 4. The van der Waals surface area contributed by atoms with Crippen LogP contribution in [0.5, 0.6) is 0 Å². The summed E-state index contributed by atoms with van der Waals surface area (Å²) in [5.74, 6) is 0.550. The summed E-state index contributed by atoms with van der Waals surface area (Å²) in [6.07, 6.45) is 3.83. The summed E-state index contributed by atoms with van der Waals surface area (Å²) >= 11 is 0. The molecule has 0 aliphatic carbocycles. The molecule has 0 atom stereocenters. The fourth-order valence-corrected chi connectivity index (χ4v) is 2.36. The molecule has 3 rings (SSSR count). The van der Waals surface area contributed by atoms with Crippen molar-refractivity contribution >= 4 is 16.7 Å². The highest BCUT2D eigenvalue weighted by Crippen LogP contribution is 2.20. The SMILES string of the molecule is CC(C)c1cccc(NCc2c[nH]c3ncccc23)c1. The number of anilines is 1. The second-order valence-electron chi connectivity index (χ2n) is 5.35. The Hall–Kier alpha value is -2.29. The topological polar surface area (TPSA) is 40.7 Å². The molecule has 2 heterocycles. The number of nitrogens with one attached hydrogen (secondary N) is 2. The van der Waals surface area contributed by atoms with Crippen LogP contribution in [0, 0.1) is 0 Å². The monoisotopic (exact) mass is 265 g/mol. The Morgan fingerprint density at radius 1 is 1.20 bits per heavy atom. The van der Waals surface area contributed by atoms with Crippen molar-refractivity contribution in [2.75, 3.05) is 5.32 Å². The first-order valence-electron chi connectivity index (χ1n) is 6.99. The van der Waals surface area contributed by atoms with Crippen LogP contribution in [0.15, 0.2) is 48.8 Å². The molecule has 0 aliphatic rings. The summed E-state index contributed by atoms with van der Waals surface area (Å²) in [7, 11) is 0. The van der Waals surface area contributed by atoms with Gasteiger partial charge in [-0.15, -0.1) is 0 Å². The van der Waals surface area contributed by atoms with Crippen LogP contribution < -0.4 is 5.32 Å². The number of aromatic amines is 1. The van der Waals surface area contributed by atoms with Crippen molar-refractivity contribution in [3.63, 3.8) is 0 Å². The van der Waals surface area contributed by atoms with Crippen LogP contribution in [0.3, 0.4) is 0 Å². The van der Waals surface area contributed by atoms with Crippen LogP contribution in [-0.4, -0.2) is 9.97 Å². The van der Waals surface area contributed by atoms with Gasteiger partial charge >= 0.3 is 0 Å². The molecule has 0 spiro atoms. The molecule has 0 unspecified atom stereocenters. The average Bonchev–Trinajstić information content (AvgIpc) is 2.89. The van der Waals surface area contributed by atoms with Crippen molar-refractivity contribution in [1.82, 2.24) is 9.97 Å². The third-order valence-corrected chi connectivity index (χ3v) is 3.57. The molecule has 0 aliphatic heterocycles. The van der Waals surface area contributed by atoms with Crippen molar-refractivity contribution in [1.29, 1.82) is 0 Å². The lowest BCUT2D eigenvalue weighted by molar-refractivity contribution is 0.866. The van der Waals surface area contributed by atoms with Gasteiger partial charge in [-0.3, -0.25) is 0 Å². The minimum absolute atomic E-state index is 0.550. The van der Waals surface area contributed by atoms with Crippen molar-refractivity contribution in [3.8, 4) is 0 Å². The minimum atomic E-state index is 0.550. The molecule has 2 N–H and O–H groups in total. The molecule has 0 radical (unpaired) electrons. The van der Waals surface area contributed by atoms with Gasteiger partial charge in [-0.05, 0) is 41.3 Å². The van der Waals surface area contributed by atoms with Crippen LogP contribution in [-0.2, 0) is 6.54 Å². The Morgan fingerprint density at radius 2 is 2.10 bits per heavy atom. The van der Waals surface area contributed by atoms with Gasteiger partial charge in [0, 0.05) is 30.0 Å². The zero-order valence-electron chi connectivity index (χ0n) is 11.9. The van der Waals surface area contributed by atoms with Gasteiger partial charge in [0.05, 0.1) is 0 Å². The van der Waals surface area contributed by atoms with Crippen molar-refractivity contribution in [2.45, 2.75) is 26.3 Å². The summed E-state index contributed by atoms with van der Waals surface area (Å²) in [6, 6.07) is 12.7. The fraction of sp³-hybridized carbons (Fsp3) is 0.235. The number of hydrogen-bond donors (Lipinski definition) is 2. The van der Waals surface area contributed by atoms with Crippen LogP contribution >= 0.6 is 0 Å². The van der Waals surface area contributed by atoms with E-state index in [0.29, 0.717) is 5.92 Å². The molecule has 102 valence electrons. The molecule has 1 aromatic carbocycles. The number of H-pyrrole nitrogens is 1. The second-order valence-corrected chi connectivity index (χ2v) is 5.35. The highest BCUT2D eigenvalue weighted by atomic mass is 14.9. The zero-order chi connectivity index (χ0) is 13.9. The van der Waals surface area contributed by atoms with Gasteiger partial charge in [-0.2, -0.15) is 0 Å². The van der Waals surface area contributed by atoms with Crippen molar-refractivity contribution in [3.05, 3.63) is 59.9 Å². The molecule has 0 bridgehead atoms. The van der Waals surface area contributed by atoms with E-state index in [9.17, 15) is 0 Å². The van der Waals surface area contributed by atoms with Gasteiger partial charge in [0.15, 0.2) is 0 Å². The summed E-state index contributed by atoms with van der Waals surface area (Å²) in [5.41, 5.74) is 4.70. The fourth-order valence-electron chi connectivity index (χ4n) is 2.36. The molecular formula is C17H19N3. The van der Waals surface area contributed by atoms with E-state index in [1.54, 1.807) is 0 Å². The van der Waals surface area contributed by atoms with E-state index < -0.39 is 0 Å². The lowest BCUT2D eigenvalue weighted by Crippen LogP contribution is -1.99. The zero-order valence-corrected chi connectivity index (χ0v) is 11.9. The Labute approximate surface area is 119 Å². The summed E-state index contributed by atoms with van der Waals surface area (Å²) in [5, 5.41) is 4.67. The number of aromatic nitrogens is 2. The summed E-state index contributed by atoms with van der Waals surface area (Å²) < 4.78 is 0. The van der Waals surface area contributed by atoms with Gasteiger partial charge in [-0.25, -0.2) is 4.98 Å². The molecular weight excluding hydrogens is 246 g/mol. The molecule has 20 heavy (non-hydrogen) atoms. The standard InChI is InChI=1S/C17H19N3/c1-12(2)13-5-3-6-15(9-13)19-10-14-11-20-17-16(14)7-4-8-18-17/h3-9,11-12,19H,10H2,1-2H3,(H,18,20). The Morgan fingerprint density at radius 3 is 2.95 bits per heavy atom. The number of pyridine rings is 1. The molecule has 0 fully saturated rings. The highest BCUT2D eigenvalue weighted by Gasteiger charge is 2.04. The number of fused-ring (bicyclic) bond motifs is 1. The van der Waals surface area contributed by atoms with E-state index >= 15 is 0 Å². The van der Waals surface area contributed by atoms with E-state index in [1.807, 2.05) is 18.5 Å². The Bertz CT molecular complexity index is 713. The average molecular weight is 265 g/mol. The normalized spacial score (nSPS) is 11.2. The van der Waals surface area contributed by atoms with Crippen LogP contribution in [0.4, 0.5) is 5.69 Å². The van der Waals surface area contributed by atoms with Gasteiger partial charge in [0.2, 0.25) is 0 Å². The first-order chi connectivity index (χ1) is 9.74. The first-order valence-corrected chi connectivity index (χ1v) is 6.99. The maximum Gasteiger partial charge on any atom is 0.137 e. The maximum atomic E-state index is 4.31. The molecule has 0 saturated carbocycles. The van der Waals surface area contributed by atoms with Gasteiger partial charge in [-0.1, -0.05) is 26.0 Å². The molecule has 0 amide bonds. The van der Waals surface area contributed by atoms with Gasteiger partial charge in [0.1, 0.15) is 5.65 Å². The molecule has 3 heteroatoms. The van der Waals surface area contributed by atoms with Crippen LogP contribution in [0.2, 0.25) is 0 Å².